The lowest BCUT2D eigenvalue weighted by molar-refractivity contribution is -0.141. The minimum absolute atomic E-state index is 0.0182. The number of rotatable bonds is 7. The summed E-state index contributed by atoms with van der Waals surface area (Å²) in [5.74, 6) is -0.0434. The summed E-state index contributed by atoms with van der Waals surface area (Å²) in [7, 11) is 1.56. The van der Waals surface area contributed by atoms with Crippen molar-refractivity contribution in [1.82, 2.24) is 4.90 Å². The number of carbonyl (C=O) groups is 2. The maximum Gasteiger partial charge on any atom is 0.295 e. The van der Waals surface area contributed by atoms with Crippen LogP contribution >= 0.6 is 15.9 Å². The normalized spacial score (nSPS) is 20.5. The van der Waals surface area contributed by atoms with Crippen molar-refractivity contribution in [2.45, 2.75) is 51.1 Å². The van der Waals surface area contributed by atoms with Crippen molar-refractivity contribution in [1.29, 1.82) is 0 Å². The zero-order chi connectivity index (χ0) is 23.5. The molecule has 1 aliphatic carbocycles. The molecule has 2 aliphatic rings. The van der Waals surface area contributed by atoms with Crippen LogP contribution in [0, 0.1) is 0 Å². The highest BCUT2D eigenvalue weighted by Gasteiger charge is 2.49. The van der Waals surface area contributed by atoms with Crippen molar-refractivity contribution in [2.75, 3.05) is 13.7 Å². The molecule has 0 radical (unpaired) electrons. The molecule has 1 amide bonds. The summed E-state index contributed by atoms with van der Waals surface area (Å²) < 4.78 is 11.6. The Morgan fingerprint density at radius 3 is 2.42 bits per heavy atom. The Hall–Kier alpha value is -2.80. The van der Waals surface area contributed by atoms with E-state index < -0.39 is 17.7 Å². The number of amides is 1. The Morgan fingerprint density at radius 1 is 1.12 bits per heavy atom. The number of aliphatic hydroxyl groups is 1. The monoisotopic (exact) mass is 513 g/mol. The van der Waals surface area contributed by atoms with E-state index in [-0.39, 0.29) is 17.4 Å². The van der Waals surface area contributed by atoms with E-state index in [1.807, 2.05) is 31.2 Å². The summed E-state index contributed by atoms with van der Waals surface area (Å²) in [6.45, 7) is 2.66. The zero-order valence-corrected chi connectivity index (χ0v) is 20.4. The number of ketones is 1. The highest BCUT2D eigenvalue weighted by Crippen LogP contribution is 2.44. The molecule has 1 N–H and O–H groups in total. The van der Waals surface area contributed by atoms with Crippen LogP contribution in [0.4, 0.5) is 0 Å². The molecule has 0 spiro atoms. The van der Waals surface area contributed by atoms with Crippen molar-refractivity contribution in [3.8, 4) is 11.5 Å². The van der Waals surface area contributed by atoms with Crippen LogP contribution in [0.15, 0.2) is 52.5 Å². The molecule has 2 fully saturated rings. The molecule has 1 heterocycles. The van der Waals surface area contributed by atoms with E-state index in [0.717, 1.165) is 43.4 Å². The molecule has 2 aromatic rings. The van der Waals surface area contributed by atoms with E-state index in [4.69, 9.17) is 9.47 Å². The van der Waals surface area contributed by atoms with Crippen LogP contribution < -0.4 is 9.47 Å². The molecule has 1 saturated carbocycles. The van der Waals surface area contributed by atoms with Crippen molar-refractivity contribution < 1.29 is 24.2 Å². The van der Waals surface area contributed by atoms with Crippen LogP contribution in [-0.4, -0.2) is 41.5 Å². The average molecular weight is 514 g/mol. The molecule has 1 atom stereocenters. The fourth-order valence-corrected chi connectivity index (χ4v) is 5.21. The SMILES string of the molecule is CCCOc1ccc(C2/C(=C(/O)c3ccc(OC)c(Br)c3)C(=O)C(=O)N2C2CCCC2)cc1. The first-order valence-electron chi connectivity index (χ1n) is 11.3. The molecule has 1 aliphatic heterocycles. The first-order valence-corrected chi connectivity index (χ1v) is 12.1. The molecule has 33 heavy (non-hydrogen) atoms. The van der Waals surface area contributed by atoms with E-state index in [1.54, 1.807) is 30.2 Å². The third-order valence-corrected chi connectivity index (χ3v) is 6.91. The van der Waals surface area contributed by atoms with Crippen LogP contribution in [0.1, 0.15) is 56.2 Å². The van der Waals surface area contributed by atoms with Crippen LogP contribution in [0.3, 0.4) is 0 Å². The van der Waals surface area contributed by atoms with Gasteiger partial charge in [-0.3, -0.25) is 9.59 Å². The number of nitrogens with zero attached hydrogens (tertiary/aromatic N) is 1. The third-order valence-electron chi connectivity index (χ3n) is 6.29. The van der Waals surface area contributed by atoms with Crippen molar-refractivity contribution in [3.63, 3.8) is 0 Å². The standard InChI is InChI=1S/C26H28BrNO5/c1-3-14-33-19-11-8-16(9-12-19)23-22(24(29)17-10-13-21(32-2)20(27)15-17)25(30)26(31)28(23)18-6-4-5-7-18/h8-13,15,18,23,29H,3-7,14H2,1-2H3/b24-22-. The molecule has 174 valence electrons. The highest BCUT2D eigenvalue weighted by molar-refractivity contribution is 9.10. The van der Waals surface area contributed by atoms with Crippen molar-refractivity contribution in [3.05, 3.63) is 63.6 Å². The number of likely N-dealkylation sites (tertiary alicyclic amines) is 1. The van der Waals surface area contributed by atoms with Gasteiger partial charge in [-0.1, -0.05) is 31.9 Å². The van der Waals surface area contributed by atoms with Gasteiger partial charge in [-0.2, -0.15) is 0 Å². The second kappa shape index (κ2) is 10.00. The van der Waals surface area contributed by atoms with E-state index in [2.05, 4.69) is 15.9 Å². The van der Waals surface area contributed by atoms with E-state index in [0.29, 0.717) is 22.4 Å². The second-order valence-electron chi connectivity index (χ2n) is 8.41. The van der Waals surface area contributed by atoms with Gasteiger partial charge >= 0.3 is 0 Å². The average Bonchev–Trinajstić information content (AvgIpc) is 3.44. The number of hydrogen-bond acceptors (Lipinski definition) is 5. The Bertz CT molecular complexity index is 1070. The topological polar surface area (TPSA) is 76.1 Å². The van der Waals surface area contributed by atoms with Gasteiger partial charge in [0.15, 0.2) is 0 Å². The summed E-state index contributed by atoms with van der Waals surface area (Å²) >= 11 is 3.43. The van der Waals surface area contributed by atoms with Gasteiger partial charge in [0.1, 0.15) is 17.3 Å². The molecule has 7 heteroatoms. The van der Waals surface area contributed by atoms with E-state index in [1.165, 1.54) is 0 Å². The number of carbonyl (C=O) groups excluding carboxylic acids is 2. The Balaban J connectivity index is 1.81. The van der Waals surface area contributed by atoms with Crippen molar-refractivity contribution in [2.24, 2.45) is 0 Å². The lowest BCUT2D eigenvalue weighted by atomic mass is 9.94. The summed E-state index contributed by atoms with van der Waals surface area (Å²) in [4.78, 5) is 28.1. The minimum atomic E-state index is -0.650. The quantitative estimate of drug-likeness (QED) is 0.295. The molecule has 1 saturated heterocycles. The Morgan fingerprint density at radius 2 is 1.82 bits per heavy atom. The van der Waals surface area contributed by atoms with Crippen LogP contribution in [-0.2, 0) is 9.59 Å². The fraction of sp³-hybridized carbons (Fsp3) is 0.385. The predicted octanol–water partition coefficient (Wildman–Crippen LogP) is 5.61. The molecule has 4 rings (SSSR count). The van der Waals surface area contributed by atoms with Crippen molar-refractivity contribution >= 4 is 33.4 Å². The van der Waals surface area contributed by atoms with E-state index in [9.17, 15) is 14.7 Å². The zero-order valence-electron chi connectivity index (χ0n) is 18.8. The minimum Gasteiger partial charge on any atom is -0.507 e. The smallest absolute Gasteiger partial charge is 0.295 e. The Labute approximate surface area is 202 Å². The maximum absolute atomic E-state index is 13.2. The van der Waals surface area contributed by atoms with Gasteiger partial charge in [0, 0.05) is 11.6 Å². The number of Topliss-reactive ketones (excluding diaryl/α,β-unsaturated/α-hetero) is 1. The largest absolute Gasteiger partial charge is 0.507 e. The summed E-state index contributed by atoms with van der Waals surface area (Å²) in [6, 6.07) is 11.9. The molecule has 6 nitrogen and oxygen atoms in total. The summed E-state index contributed by atoms with van der Waals surface area (Å²) in [6.07, 6.45) is 4.66. The molecule has 0 aromatic heterocycles. The molecule has 2 aromatic carbocycles. The number of hydrogen-bond donors (Lipinski definition) is 1. The summed E-state index contributed by atoms with van der Waals surface area (Å²) in [5, 5.41) is 11.3. The molecule has 0 bridgehead atoms. The number of benzene rings is 2. The number of halogens is 1. The fourth-order valence-electron chi connectivity index (χ4n) is 4.67. The number of methoxy groups -OCH3 is 1. The van der Waals surface area contributed by atoms with Crippen LogP contribution in [0.5, 0.6) is 11.5 Å². The van der Waals surface area contributed by atoms with Gasteiger partial charge in [-0.15, -0.1) is 0 Å². The van der Waals surface area contributed by atoms with Gasteiger partial charge in [0.25, 0.3) is 11.7 Å². The third kappa shape index (κ3) is 4.51. The highest BCUT2D eigenvalue weighted by atomic mass is 79.9. The maximum atomic E-state index is 13.2. The number of aliphatic hydroxyl groups excluding tert-OH is 1. The van der Waals surface area contributed by atoms with E-state index >= 15 is 0 Å². The molecule has 1 unspecified atom stereocenters. The predicted molar refractivity (Wildman–Crippen MR) is 129 cm³/mol. The van der Waals surface area contributed by atoms with Gasteiger partial charge in [0.2, 0.25) is 0 Å². The van der Waals surface area contributed by atoms with Crippen LogP contribution in [0.2, 0.25) is 0 Å². The lowest BCUT2D eigenvalue weighted by Gasteiger charge is -2.30. The molecular formula is C26H28BrNO5. The Kier molecular flexibility index (Phi) is 7.08. The first kappa shape index (κ1) is 23.4. The first-order chi connectivity index (χ1) is 16.0. The van der Waals surface area contributed by atoms with Crippen LogP contribution in [0.25, 0.3) is 5.76 Å². The van der Waals surface area contributed by atoms with Gasteiger partial charge in [-0.25, -0.2) is 0 Å². The summed E-state index contributed by atoms with van der Waals surface area (Å²) in [5.41, 5.74) is 1.34. The lowest BCUT2D eigenvalue weighted by Crippen LogP contribution is -2.37. The number of ether oxygens (including phenoxy) is 2. The second-order valence-corrected chi connectivity index (χ2v) is 9.27. The van der Waals surface area contributed by atoms with Gasteiger partial charge in [-0.05, 0) is 71.1 Å². The van der Waals surface area contributed by atoms with Gasteiger partial charge in [0.05, 0.1) is 29.8 Å². The molecular weight excluding hydrogens is 486 g/mol. The van der Waals surface area contributed by atoms with Gasteiger partial charge < -0.3 is 19.5 Å².